The predicted molar refractivity (Wildman–Crippen MR) is 63.3 cm³/mol. The van der Waals surface area contributed by atoms with Crippen molar-refractivity contribution in [1.29, 1.82) is 0 Å². The van der Waals surface area contributed by atoms with Crippen LogP contribution in [0.2, 0.25) is 0 Å². The predicted octanol–water partition coefficient (Wildman–Crippen LogP) is 2.19. The molecule has 0 amide bonds. The summed E-state index contributed by atoms with van der Waals surface area (Å²) >= 11 is 5.29. The SMILES string of the molecule is CC1(C)CCCC1NC(=S)NC1CC1. The van der Waals surface area contributed by atoms with E-state index in [1.165, 1.54) is 32.1 Å². The van der Waals surface area contributed by atoms with Crippen molar-refractivity contribution in [2.45, 2.75) is 58.0 Å². The Labute approximate surface area is 91.8 Å². The van der Waals surface area contributed by atoms with Crippen LogP contribution in [-0.4, -0.2) is 17.2 Å². The van der Waals surface area contributed by atoms with Crippen LogP contribution < -0.4 is 10.6 Å². The van der Waals surface area contributed by atoms with Crippen LogP contribution in [0.25, 0.3) is 0 Å². The molecule has 0 saturated heterocycles. The summed E-state index contributed by atoms with van der Waals surface area (Å²) in [5, 5.41) is 7.67. The summed E-state index contributed by atoms with van der Waals surface area (Å²) in [4.78, 5) is 0. The Morgan fingerprint density at radius 3 is 2.43 bits per heavy atom. The minimum atomic E-state index is 0.412. The van der Waals surface area contributed by atoms with E-state index in [0.29, 0.717) is 17.5 Å². The van der Waals surface area contributed by atoms with Gasteiger partial charge in [-0.3, -0.25) is 0 Å². The van der Waals surface area contributed by atoms with Crippen LogP contribution in [0.4, 0.5) is 0 Å². The molecule has 0 bridgehead atoms. The molecule has 0 radical (unpaired) electrons. The van der Waals surface area contributed by atoms with Gasteiger partial charge in [-0.05, 0) is 43.3 Å². The second kappa shape index (κ2) is 3.69. The number of nitrogens with one attached hydrogen (secondary N) is 2. The highest BCUT2D eigenvalue weighted by Crippen LogP contribution is 2.37. The highest BCUT2D eigenvalue weighted by atomic mass is 32.1. The Balaban J connectivity index is 1.80. The Kier molecular flexibility index (Phi) is 2.69. The molecule has 0 aromatic heterocycles. The van der Waals surface area contributed by atoms with Crippen molar-refractivity contribution >= 4 is 17.3 Å². The van der Waals surface area contributed by atoms with Crippen molar-refractivity contribution in [2.24, 2.45) is 5.41 Å². The molecule has 0 spiro atoms. The molecule has 80 valence electrons. The van der Waals surface area contributed by atoms with E-state index < -0.39 is 0 Å². The Hall–Kier alpha value is -0.310. The maximum atomic E-state index is 5.29. The van der Waals surface area contributed by atoms with Gasteiger partial charge >= 0.3 is 0 Å². The third-order valence-electron chi connectivity index (χ3n) is 3.48. The molecule has 2 aliphatic rings. The topological polar surface area (TPSA) is 24.1 Å². The molecule has 0 aliphatic heterocycles. The summed E-state index contributed by atoms with van der Waals surface area (Å²) in [5.41, 5.74) is 0.412. The Bertz CT molecular complexity index is 233. The summed E-state index contributed by atoms with van der Waals surface area (Å²) in [7, 11) is 0. The Morgan fingerprint density at radius 1 is 1.21 bits per heavy atom. The molecule has 14 heavy (non-hydrogen) atoms. The lowest BCUT2D eigenvalue weighted by atomic mass is 9.87. The van der Waals surface area contributed by atoms with Crippen LogP contribution in [0.5, 0.6) is 0 Å². The molecule has 2 N–H and O–H groups in total. The number of thiocarbonyl (C=S) groups is 1. The number of rotatable bonds is 2. The fourth-order valence-electron chi connectivity index (χ4n) is 2.21. The molecule has 1 unspecified atom stereocenters. The third kappa shape index (κ3) is 2.38. The van der Waals surface area contributed by atoms with Crippen molar-refractivity contribution in [1.82, 2.24) is 10.6 Å². The molecule has 2 nitrogen and oxygen atoms in total. The zero-order valence-corrected chi connectivity index (χ0v) is 9.91. The summed E-state index contributed by atoms with van der Waals surface area (Å²) in [6.07, 6.45) is 6.48. The first kappa shape index (κ1) is 10.2. The normalized spacial score (nSPS) is 30.0. The minimum absolute atomic E-state index is 0.412. The van der Waals surface area contributed by atoms with Crippen LogP contribution in [-0.2, 0) is 0 Å². The van der Waals surface area contributed by atoms with Gasteiger partial charge in [0.2, 0.25) is 0 Å². The van der Waals surface area contributed by atoms with Gasteiger partial charge in [0.15, 0.2) is 5.11 Å². The van der Waals surface area contributed by atoms with Crippen molar-refractivity contribution in [3.63, 3.8) is 0 Å². The van der Waals surface area contributed by atoms with Crippen molar-refractivity contribution in [3.05, 3.63) is 0 Å². The lowest BCUT2D eigenvalue weighted by molar-refractivity contribution is 0.310. The lowest BCUT2D eigenvalue weighted by Gasteiger charge is -2.29. The smallest absolute Gasteiger partial charge is 0.166 e. The van der Waals surface area contributed by atoms with Gasteiger partial charge in [0.1, 0.15) is 0 Å². The third-order valence-corrected chi connectivity index (χ3v) is 3.71. The van der Waals surface area contributed by atoms with E-state index >= 15 is 0 Å². The number of hydrogen-bond donors (Lipinski definition) is 2. The lowest BCUT2D eigenvalue weighted by Crippen LogP contribution is -2.46. The van der Waals surface area contributed by atoms with Gasteiger partial charge in [-0.25, -0.2) is 0 Å². The molecule has 0 aromatic carbocycles. The van der Waals surface area contributed by atoms with E-state index in [9.17, 15) is 0 Å². The van der Waals surface area contributed by atoms with Gasteiger partial charge in [-0.1, -0.05) is 20.3 Å². The molecule has 2 fully saturated rings. The minimum Gasteiger partial charge on any atom is -0.360 e. The second-order valence-corrected chi connectivity index (χ2v) is 5.73. The van der Waals surface area contributed by atoms with Crippen molar-refractivity contribution in [2.75, 3.05) is 0 Å². The fourth-order valence-corrected chi connectivity index (χ4v) is 2.52. The summed E-state index contributed by atoms with van der Waals surface area (Å²) in [6, 6.07) is 1.24. The largest absolute Gasteiger partial charge is 0.360 e. The monoisotopic (exact) mass is 212 g/mol. The van der Waals surface area contributed by atoms with E-state index in [0.717, 1.165) is 5.11 Å². The standard InChI is InChI=1S/C11H20N2S/c1-11(2)7-3-4-9(11)13-10(14)12-8-5-6-8/h8-9H,3-7H2,1-2H3,(H2,12,13,14). The van der Waals surface area contributed by atoms with Crippen LogP contribution in [0.1, 0.15) is 46.0 Å². The quantitative estimate of drug-likeness (QED) is 0.686. The molecule has 3 heteroatoms. The summed E-state index contributed by atoms with van der Waals surface area (Å²) in [6.45, 7) is 4.66. The van der Waals surface area contributed by atoms with Crippen molar-refractivity contribution in [3.8, 4) is 0 Å². The van der Waals surface area contributed by atoms with Gasteiger partial charge in [-0.2, -0.15) is 0 Å². The van der Waals surface area contributed by atoms with E-state index in [4.69, 9.17) is 12.2 Å². The van der Waals surface area contributed by atoms with Gasteiger partial charge in [0, 0.05) is 12.1 Å². The molecular weight excluding hydrogens is 192 g/mol. The van der Waals surface area contributed by atoms with Gasteiger partial charge in [-0.15, -0.1) is 0 Å². The van der Waals surface area contributed by atoms with Crippen LogP contribution in [0, 0.1) is 5.41 Å². The first-order valence-corrected chi connectivity index (χ1v) is 6.06. The highest BCUT2D eigenvalue weighted by molar-refractivity contribution is 7.80. The van der Waals surface area contributed by atoms with E-state index in [2.05, 4.69) is 24.5 Å². The van der Waals surface area contributed by atoms with Gasteiger partial charge in [0.05, 0.1) is 0 Å². The zero-order chi connectivity index (χ0) is 10.2. The molecule has 1 atom stereocenters. The van der Waals surface area contributed by atoms with Gasteiger partial charge < -0.3 is 10.6 Å². The number of hydrogen-bond acceptors (Lipinski definition) is 1. The van der Waals surface area contributed by atoms with Crippen molar-refractivity contribution < 1.29 is 0 Å². The molecular formula is C11H20N2S. The van der Waals surface area contributed by atoms with Gasteiger partial charge in [0.25, 0.3) is 0 Å². The molecule has 2 aliphatic carbocycles. The average Bonchev–Trinajstić information content (AvgIpc) is 2.80. The summed E-state index contributed by atoms with van der Waals surface area (Å²) < 4.78 is 0. The highest BCUT2D eigenvalue weighted by Gasteiger charge is 2.35. The average molecular weight is 212 g/mol. The maximum Gasteiger partial charge on any atom is 0.166 e. The first-order valence-electron chi connectivity index (χ1n) is 5.65. The molecule has 0 aromatic rings. The summed E-state index contributed by atoms with van der Waals surface area (Å²) in [5.74, 6) is 0. The van der Waals surface area contributed by atoms with E-state index in [1.54, 1.807) is 0 Å². The molecule has 2 saturated carbocycles. The van der Waals surface area contributed by atoms with Crippen LogP contribution in [0.15, 0.2) is 0 Å². The van der Waals surface area contributed by atoms with E-state index in [-0.39, 0.29) is 0 Å². The van der Waals surface area contributed by atoms with Crippen LogP contribution >= 0.6 is 12.2 Å². The first-order chi connectivity index (χ1) is 6.58. The zero-order valence-electron chi connectivity index (χ0n) is 9.10. The Morgan fingerprint density at radius 2 is 1.93 bits per heavy atom. The molecule has 0 heterocycles. The van der Waals surface area contributed by atoms with Crippen LogP contribution in [0.3, 0.4) is 0 Å². The molecule has 2 rings (SSSR count). The maximum absolute atomic E-state index is 5.29. The fraction of sp³-hybridized carbons (Fsp3) is 0.909. The second-order valence-electron chi connectivity index (χ2n) is 5.33. The van der Waals surface area contributed by atoms with E-state index in [1.807, 2.05) is 0 Å².